The Morgan fingerprint density at radius 2 is 2.06 bits per heavy atom. The van der Waals surface area contributed by atoms with Crippen molar-refractivity contribution < 1.29 is 4.52 Å². The fourth-order valence-electron chi connectivity index (χ4n) is 1.29. The van der Waals surface area contributed by atoms with Crippen molar-refractivity contribution >= 4 is 11.6 Å². The van der Waals surface area contributed by atoms with E-state index in [1.807, 2.05) is 39.2 Å². The van der Waals surface area contributed by atoms with Gasteiger partial charge in [0.25, 0.3) is 11.8 Å². The molecule has 1 aromatic carbocycles. The maximum Gasteiger partial charge on any atom is 0.265 e. The van der Waals surface area contributed by atoms with Crippen molar-refractivity contribution in [3.8, 4) is 11.5 Å². The SMILES string of the molecule is Cc1ccc(-c2nc(N(C)C)no2)cc1N. The maximum absolute atomic E-state index is 5.82. The minimum absolute atomic E-state index is 0.482. The van der Waals surface area contributed by atoms with Crippen LogP contribution in [0.2, 0.25) is 0 Å². The van der Waals surface area contributed by atoms with Crippen LogP contribution in [0.1, 0.15) is 5.56 Å². The first kappa shape index (κ1) is 10.5. The molecule has 1 heterocycles. The molecule has 0 radical (unpaired) electrons. The molecule has 16 heavy (non-hydrogen) atoms. The van der Waals surface area contributed by atoms with E-state index in [0.717, 1.165) is 16.8 Å². The van der Waals surface area contributed by atoms with Crippen molar-refractivity contribution in [2.45, 2.75) is 6.92 Å². The second-order valence-corrected chi connectivity index (χ2v) is 3.87. The first-order chi connectivity index (χ1) is 7.58. The van der Waals surface area contributed by atoms with Crippen LogP contribution in [0, 0.1) is 6.92 Å². The molecule has 2 N–H and O–H groups in total. The lowest BCUT2D eigenvalue weighted by Crippen LogP contribution is -2.10. The molecule has 0 spiro atoms. The number of anilines is 2. The molecule has 0 amide bonds. The summed E-state index contributed by atoms with van der Waals surface area (Å²) in [5, 5.41) is 3.84. The zero-order chi connectivity index (χ0) is 11.7. The zero-order valence-electron chi connectivity index (χ0n) is 9.56. The van der Waals surface area contributed by atoms with Crippen molar-refractivity contribution in [1.82, 2.24) is 10.1 Å². The Morgan fingerprint density at radius 1 is 1.31 bits per heavy atom. The van der Waals surface area contributed by atoms with Crippen molar-refractivity contribution in [2.24, 2.45) is 0 Å². The molecule has 0 saturated heterocycles. The third-order valence-electron chi connectivity index (χ3n) is 2.34. The average molecular weight is 218 g/mol. The topological polar surface area (TPSA) is 68.2 Å². The number of hydrogen-bond acceptors (Lipinski definition) is 5. The smallest absolute Gasteiger partial charge is 0.265 e. The molecule has 2 aromatic rings. The van der Waals surface area contributed by atoms with Gasteiger partial charge in [0, 0.05) is 25.3 Å². The normalized spacial score (nSPS) is 10.4. The zero-order valence-corrected chi connectivity index (χ0v) is 9.56. The largest absolute Gasteiger partial charge is 0.398 e. The van der Waals surface area contributed by atoms with Crippen LogP contribution in [0.5, 0.6) is 0 Å². The Balaban J connectivity index is 2.39. The first-order valence-corrected chi connectivity index (χ1v) is 4.95. The predicted molar refractivity (Wildman–Crippen MR) is 63.2 cm³/mol. The van der Waals surface area contributed by atoms with Gasteiger partial charge in [0.15, 0.2) is 0 Å². The molecule has 0 bridgehead atoms. The summed E-state index contributed by atoms with van der Waals surface area (Å²) >= 11 is 0. The summed E-state index contributed by atoms with van der Waals surface area (Å²) in [7, 11) is 3.72. The van der Waals surface area contributed by atoms with Crippen LogP contribution in [0.25, 0.3) is 11.5 Å². The second-order valence-electron chi connectivity index (χ2n) is 3.87. The van der Waals surface area contributed by atoms with Crippen LogP contribution in [0.15, 0.2) is 22.7 Å². The lowest BCUT2D eigenvalue weighted by atomic mass is 10.1. The van der Waals surface area contributed by atoms with Gasteiger partial charge in [0.2, 0.25) is 0 Å². The molecule has 5 heteroatoms. The van der Waals surface area contributed by atoms with Gasteiger partial charge < -0.3 is 15.2 Å². The van der Waals surface area contributed by atoms with Crippen molar-refractivity contribution in [2.75, 3.05) is 24.7 Å². The molecule has 5 nitrogen and oxygen atoms in total. The highest BCUT2D eigenvalue weighted by molar-refractivity contribution is 5.63. The van der Waals surface area contributed by atoms with E-state index in [1.165, 1.54) is 0 Å². The summed E-state index contributed by atoms with van der Waals surface area (Å²) in [6.07, 6.45) is 0. The summed E-state index contributed by atoms with van der Waals surface area (Å²) in [6, 6.07) is 5.69. The molecule has 2 rings (SSSR count). The summed E-state index contributed by atoms with van der Waals surface area (Å²) in [6.45, 7) is 1.96. The lowest BCUT2D eigenvalue weighted by molar-refractivity contribution is 0.431. The van der Waals surface area contributed by atoms with Gasteiger partial charge in [0.05, 0.1) is 0 Å². The van der Waals surface area contributed by atoms with Gasteiger partial charge in [-0.15, -0.1) is 0 Å². The second kappa shape index (κ2) is 3.84. The van der Waals surface area contributed by atoms with E-state index in [0.29, 0.717) is 11.8 Å². The van der Waals surface area contributed by atoms with Crippen LogP contribution >= 0.6 is 0 Å². The number of aryl methyl sites for hydroxylation is 1. The molecule has 0 fully saturated rings. The van der Waals surface area contributed by atoms with Gasteiger partial charge in [-0.25, -0.2) is 0 Å². The maximum atomic E-state index is 5.82. The van der Waals surface area contributed by atoms with Crippen LogP contribution in [0.3, 0.4) is 0 Å². The molecule has 0 atom stereocenters. The van der Waals surface area contributed by atoms with E-state index in [-0.39, 0.29) is 0 Å². The fourth-order valence-corrected chi connectivity index (χ4v) is 1.29. The Labute approximate surface area is 93.9 Å². The number of benzene rings is 1. The van der Waals surface area contributed by atoms with Crippen LogP contribution < -0.4 is 10.6 Å². The van der Waals surface area contributed by atoms with E-state index in [9.17, 15) is 0 Å². The van der Waals surface area contributed by atoms with E-state index in [1.54, 1.807) is 4.90 Å². The van der Waals surface area contributed by atoms with E-state index in [2.05, 4.69) is 10.1 Å². The fraction of sp³-hybridized carbons (Fsp3) is 0.273. The van der Waals surface area contributed by atoms with Crippen molar-refractivity contribution in [3.63, 3.8) is 0 Å². The summed E-state index contributed by atoms with van der Waals surface area (Å²) < 4.78 is 5.15. The average Bonchev–Trinajstić information content (AvgIpc) is 2.71. The van der Waals surface area contributed by atoms with Gasteiger partial charge in [-0.1, -0.05) is 6.07 Å². The molecule has 84 valence electrons. The highest BCUT2D eigenvalue weighted by atomic mass is 16.5. The Morgan fingerprint density at radius 3 is 2.62 bits per heavy atom. The van der Waals surface area contributed by atoms with Crippen LogP contribution in [-0.4, -0.2) is 24.2 Å². The minimum atomic E-state index is 0.482. The molecule has 0 saturated carbocycles. The van der Waals surface area contributed by atoms with Gasteiger partial charge in [-0.2, -0.15) is 4.98 Å². The summed E-state index contributed by atoms with van der Waals surface area (Å²) in [5.74, 6) is 1.03. The Bertz CT molecular complexity index is 504. The number of hydrogen-bond donors (Lipinski definition) is 1. The third kappa shape index (κ3) is 1.84. The highest BCUT2D eigenvalue weighted by Gasteiger charge is 2.10. The standard InChI is InChI=1S/C11H14N4O/c1-7-4-5-8(6-9(7)12)10-13-11(14-16-10)15(2)3/h4-6H,12H2,1-3H3. The highest BCUT2D eigenvalue weighted by Crippen LogP contribution is 2.23. The molecular formula is C11H14N4O. The van der Waals surface area contributed by atoms with Gasteiger partial charge >= 0.3 is 0 Å². The monoisotopic (exact) mass is 218 g/mol. The van der Waals surface area contributed by atoms with Crippen molar-refractivity contribution in [1.29, 1.82) is 0 Å². The lowest BCUT2D eigenvalue weighted by Gasteiger charge is -2.03. The minimum Gasteiger partial charge on any atom is -0.398 e. The quantitative estimate of drug-likeness (QED) is 0.777. The number of nitrogens with two attached hydrogens (primary N) is 1. The van der Waals surface area contributed by atoms with E-state index >= 15 is 0 Å². The van der Waals surface area contributed by atoms with E-state index in [4.69, 9.17) is 10.3 Å². The number of nitrogens with zero attached hydrogens (tertiary/aromatic N) is 3. The van der Waals surface area contributed by atoms with Gasteiger partial charge in [-0.3, -0.25) is 0 Å². The molecule has 0 aliphatic heterocycles. The molecule has 1 aromatic heterocycles. The molecule has 0 unspecified atom stereocenters. The Kier molecular flexibility index (Phi) is 2.52. The predicted octanol–water partition coefficient (Wildman–Crippen LogP) is 1.69. The number of nitrogen functional groups attached to an aromatic ring is 1. The van der Waals surface area contributed by atoms with Crippen molar-refractivity contribution in [3.05, 3.63) is 23.8 Å². The van der Waals surface area contributed by atoms with Gasteiger partial charge in [-0.05, 0) is 29.8 Å². The molecule has 0 aliphatic carbocycles. The van der Waals surface area contributed by atoms with Gasteiger partial charge in [0.1, 0.15) is 0 Å². The Hall–Kier alpha value is -2.04. The number of rotatable bonds is 2. The van der Waals surface area contributed by atoms with Crippen LogP contribution in [-0.2, 0) is 0 Å². The van der Waals surface area contributed by atoms with E-state index < -0.39 is 0 Å². The number of aromatic nitrogens is 2. The summed E-state index contributed by atoms with van der Waals surface area (Å²) in [4.78, 5) is 6.03. The summed E-state index contributed by atoms with van der Waals surface area (Å²) in [5.41, 5.74) is 8.42. The molecule has 0 aliphatic rings. The van der Waals surface area contributed by atoms with Crippen LogP contribution in [0.4, 0.5) is 11.6 Å². The molecular weight excluding hydrogens is 204 g/mol. The first-order valence-electron chi connectivity index (χ1n) is 4.95. The third-order valence-corrected chi connectivity index (χ3v) is 2.34.